The van der Waals surface area contributed by atoms with Crippen molar-refractivity contribution >= 4 is 12.1 Å². The molecule has 1 atom stereocenters. The van der Waals surface area contributed by atoms with E-state index in [2.05, 4.69) is 0 Å². The van der Waals surface area contributed by atoms with E-state index in [1.54, 1.807) is 0 Å². The first kappa shape index (κ1) is 15.3. The molecule has 1 heterocycles. The van der Waals surface area contributed by atoms with Crippen LogP contribution in [0.3, 0.4) is 0 Å². The van der Waals surface area contributed by atoms with Crippen LogP contribution in [0.1, 0.15) is 58.8 Å². The van der Waals surface area contributed by atoms with Crippen molar-refractivity contribution in [1.29, 1.82) is 0 Å². The van der Waals surface area contributed by atoms with Crippen LogP contribution in [0.4, 0.5) is 4.79 Å². The van der Waals surface area contributed by atoms with Gasteiger partial charge in [0.25, 0.3) is 0 Å². The highest BCUT2D eigenvalue weighted by atomic mass is 16.6. The van der Waals surface area contributed by atoms with E-state index < -0.39 is 23.7 Å². The number of carbonyl (C=O) groups is 2. The van der Waals surface area contributed by atoms with Crippen LogP contribution < -0.4 is 0 Å². The van der Waals surface area contributed by atoms with Gasteiger partial charge in [0.15, 0.2) is 0 Å². The average molecular weight is 321 g/mol. The molecule has 1 unspecified atom stereocenters. The van der Waals surface area contributed by atoms with Gasteiger partial charge in [0.1, 0.15) is 11.6 Å². The molecule has 0 spiro atoms. The molecule has 0 aromatic heterocycles. The van der Waals surface area contributed by atoms with E-state index in [0.29, 0.717) is 13.0 Å². The molecule has 1 saturated heterocycles. The molecule has 4 bridgehead atoms. The van der Waals surface area contributed by atoms with Crippen LogP contribution in [0.25, 0.3) is 0 Å². The number of hydrogen-bond acceptors (Lipinski definition) is 3. The maximum absolute atomic E-state index is 12.5. The minimum atomic E-state index is -0.930. The third-order valence-electron chi connectivity index (χ3n) is 7.20. The Balaban J connectivity index is 1.49. The van der Waals surface area contributed by atoms with Gasteiger partial charge in [0, 0.05) is 12.0 Å². The van der Waals surface area contributed by atoms with Crippen molar-refractivity contribution in [2.45, 2.75) is 70.4 Å². The largest absolute Gasteiger partial charge is 0.480 e. The van der Waals surface area contributed by atoms with Gasteiger partial charge in [0.05, 0.1) is 0 Å². The fraction of sp³-hybridized carbons (Fsp3) is 0.889. The van der Waals surface area contributed by atoms with Crippen molar-refractivity contribution < 1.29 is 19.4 Å². The number of aliphatic carboxylic acids is 1. The summed E-state index contributed by atoms with van der Waals surface area (Å²) in [6.07, 6.45) is 7.67. The minimum Gasteiger partial charge on any atom is -0.480 e. The highest BCUT2D eigenvalue weighted by Gasteiger charge is 2.59. The molecule has 1 amide bonds. The number of carbonyl (C=O) groups excluding carboxylic acids is 1. The number of nitrogens with zero attached hydrogens (tertiary/aromatic N) is 1. The van der Waals surface area contributed by atoms with Crippen LogP contribution in [-0.4, -0.2) is 40.3 Å². The predicted octanol–water partition coefficient (Wildman–Crippen LogP) is 3.28. The lowest BCUT2D eigenvalue weighted by atomic mass is 9.46. The SMILES string of the molecule is CC(C)(OC(=O)N1CCC1C(=O)O)C12CC3CC(CC(C3)C1)C2. The molecule has 5 rings (SSSR count). The molecule has 4 saturated carbocycles. The van der Waals surface area contributed by atoms with Crippen molar-refractivity contribution in [3.8, 4) is 0 Å². The zero-order valence-corrected chi connectivity index (χ0v) is 14.1. The van der Waals surface area contributed by atoms with Crippen LogP contribution in [0.5, 0.6) is 0 Å². The van der Waals surface area contributed by atoms with Gasteiger partial charge in [-0.25, -0.2) is 9.59 Å². The minimum absolute atomic E-state index is 0.0982. The first-order chi connectivity index (χ1) is 10.8. The zero-order chi connectivity index (χ0) is 16.4. The van der Waals surface area contributed by atoms with Gasteiger partial charge in [-0.05, 0) is 76.5 Å². The Kier molecular flexibility index (Phi) is 3.23. The van der Waals surface area contributed by atoms with E-state index in [1.807, 2.05) is 13.8 Å². The lowest BCUT2D eigenvalue weighted by Gasteiger charge is -2.61. The monoisotopic (exact) mass is 321 g/mol. The summed E-state index contributed by atoms with van der Waals surface area (Å²) in [6, 6.07) is -0.699. The summed E-state index contributed by atoms with van der Waals surface area (Å²) < 4.78 is 5.93. The number of ether oxygens (including phenoxy) is 1. The maximum atomic E-state index is 12.5. The van der Waals surface area contributed by atoms with Gasteiger partial charge >= 0.3 is 12.1 Å². The zero-order valence-electron chi connectivity index (χ0n) is 14.1. The van der Waals surface area contributed by atoms with Crippen LogP contribution in [0.2, 0.25) is 0 Å². The fourth-order valence-corrected chi connectivity index (χ4v) is 6.10. The van der Waals surface area contributed by atoms with E-state index in [-0.39, 0.29) is 5.41 Å². The topological polar surface area (TPSA) is 66.8 Å². The molecule has 1 N–H and O–H groups in total. The second kappa shape index (κ2) is 4.87. The molecule has 23 heavy (non-hydrogen) atoms. The molecule has 0 aromatic rings. The molecule has 128 valence electrons. The average Bonchev–Trinajstić information content (AvgIpc) is 2.33. The highest BCUT2D eigenvalue weighted by molar-refractivity contribution is 5.82. The van der Waals surface area contributed by atoms with E-state index in [1.165, 1.54) is 43.4 Å². The van der Waals surface area contributed by atoms with Gasteiger partial charge in [-0.1, -0.05) is 0 Å². The molecule has 5 nitrogen and oxygen atoms in total. The number of carboxylic acids is 1. The third-order valence-corrected chi connectivity index (χ3v) is 7.20. The molecule has 5 aliphatic rings. The summed E-state index contributed by atoms with van der Waals surface area (Å²) in [6.45, 7) is 4.59. The number of amides is 1. The molecule has 0 radical (unpaired) electrons. The van der Waals surface area contributed by atoms with E-state index in [4.69, 9.17) is 9.84 Å². The molecule has 1 aliphatic heterocycles. The van der Waals surface area contributed by atoms with Gasteiger partial charge < -0.3 is 9.84 Å². The van der Waals surface area contributed by atoms with Crippen molar-refractivity contribution in [3.05, 3.63) is 0 Å². The first-order valence-corrected chi connectivity index (χ1v) is 9.02. The molecular formula is C18H27NO4. The third kappa shape index (κ3) is 2.26. The van der Waals surface area contributed by atoms with Gasteiger partial charge in [-0.15, -0.1) is 0 Å². The Morgan fingerprint density at radius 1 is 1.09 bits per heavy atom. The van der Waals surface area contributed by atoms with Gasteiger partial charge in [0.2, 0.25) is 0 Å². The Morgan fingerprint density at radius 3 is 2.00 bits per heavy atom. The van der Waals surface area contributed by atoms with E-state index in [0.717, 1.165) is 17.8 Å². The Morgan fingerprint density at radius 2 is 1.61 bits per heavy atom. The summed E-state index contributed by atoms with van der Waals surface area (Å²) in [4.78, 5) is 25.0. The smallest absolute Gasteiger partial charge is 0.411 e. The van der Waals surface area contributed by atoms with Crippen LogP contribution in [-0.2, 0) is 9.53 Å². The Hall–Kier alpha value is -1.26. The normalized spacial score (nSPS) is 41.6. The van der Waals surface area contributed by atoms with E-state index >= 15 is 0 Å². The quantitative estimate of drug-likeness (QED) is 0.866. The lowest BCUT2D eigenvalue weighted by Crippen LogP contribution is -2.61. The summed E-state index contributed by atoms with van der Waals surface area (Å²) in [7, 11) is 0. The summed E-state index contributed by atoms with van der Waals surface area (Å²) in [5.41, 5.74) is -0.417. The van der Waals surface area contributed by atoms with Gasteiger partial charge in [-0.2, -0.15) is 0 Å². The van der Waals surface area contributed by atoms with E-state index in [9.17, 15) is 9.59 Å². The molecular weight excluding hydrogens is 294 g/mol. The molecule has 5 heteroatoms. The van der Waals surface area contributed by atoms with Crippen LogP contribution >= 0.6 is 0 Å². The number of hydrogen-bond donors (Lipinski definition) is 1. The van der Waals surface area contributed by atoms with Crippen LogP contribution in [0.15, 0.2) is 0 Å². The van der Waals surface area contributed by atoms with Crippen molar-refractivity contribution in [2.75, 3.05) is 6.54 Å². The fourth-order valence-electron chi connectivity index (χ4n) is 6.10. The number of carboxylic acid groups (broad SMARTS) is 1. The molecule has 5 fully saturated rings. The Bertz CT molecular complexity index is 506. The van der Waals surface area contributed by atoms with Gasteiger partial charge in [-0.3, -0.25) is 4.90 Å². The second-order valence-electron chi connectivity index (χ2n) is 8.91. The summed E-state index contributed by atoms with van der Waals surface area (Å²) in [5.74, 6) is 1.47. The summed E-state index contributed by atoms with van der Waals surface area (Å²) in [5, 5.41) is 9.13. The standard InChI is InChI=1S/C18H27NO4/c1-17(2,23-16(22)19-4-3-14(19)15(20)21)18-8-11-5-12(9-18)7-13(6-11)10-18/h11-14H,3-10H2,1-2H3,(H,20,21). The molecule has 4 aliphatic carbocycles. The maximum Gasteiger partial charge on any atom is 0.411 e. The molecule has 0 aromatic carbocycles. The summed E-state index contributed by atoms with van der Waals surface area (Å²) >= 11 is 0. The lowest BCUT2D eigenvalue weighted by molar-refractivity contribution is -0.172. The van der Waals surface area contributed by atoms with Crippen LogP contribution in [0, 0.1) is 23.2 Å². The number of rotatable bonds is 3. The number of likely N-dealkylation sites (tertiary alicyclic amines) is 1. The van der Waals surface area contributed by atoms with Crippen molar-refractivity contribution in [1.82, 2.24) is 4.90 Å². The highest BCUT2D eigenvalue weighted by Crippen LogP contribution is 2.64. The van der Waals surface area contributed by atoms with Crippen molar-refractivity contribution in [3.63, 3.8) is 0 Å². The predicted molar refractivity (Wildman–Crippen MR) is 83.9 cm³/mol. The second-order valence-corrected chi connectivity index (χ2v) is 8.91. The Labute approximate surface area is 137 Å². The first-order valence-electron chi connectivity index (χ1n) is 9.02. The van der Waals surface area contributed by atoms with Crippen molar-refractivity contribution in [2.24, 2.45) is 23.2 Å².